The Kier molecular flexibility index (Phi) is 6.45. The van der Waals surface area contributed by atoms with E-state index in [2.05, 4.69) is 5.32 Å². The van der Waals surface area contributed by atoms with Crippen molar-refractivity contribution in [2.75, 3.05) is 0 Å². The summed E-state index contributed by atoms with van der Waals surface area (Å²) in [5.41, 5.74) is 3.50. The third kappa shape index (κ3) is 5.23. The second kappa shape index (κ2) is 9.61. The summed E-state index contributed by atoms with van der Waals surface area (Å²) in [6.07, 6.45) is 1.73. The largest absolute Gasteiger partial charge is 0.348 e. The number of aromatic nitrogens is 1. The van der Waals surface area contributed by atoms with Gasteiger partial charge in [0.15, 0.2) is 0 Å². The molecular weight excluding hydrogens is 422 g/mol. The first-order valence-corrected chi connectivity index (χ1v) is 10.5. The average molecular weight is 444 g/mol. The molecule has 4 rings (SSSR count). The summed E-state index contributed by atoms with van der Waals surface area (Å²) < 4.78 is 29.6. The molecule has 1 aromatic heterocycles. The van der Waals surface area contributed by atoms with Gasteiger partial charge in [-0.1, -0.05) is 42.5 Å². The topological polar surface area (TPSA) is 51.1 Å². The number of nitrogens with zero attached hydrogens (tertiary/aromatic N) is 1. The highest BCUT2D eigenvalue weighted by atomic mass is 19.1. The van der Waals surface area contributed by atoms with Crippen LogP contribution in [0.5, 0.6) is 0 Å². The number of pyridine rings is 1. The molecule has 0 aliphatic carbocycles. The van der Waals surface area contributed by atoms with E-state index in [1.54, 1.807) is 29.8 Å². The van der Waals surface area contributed by atoms with E-state index < -0.39 is 11.7 Å². The molecule has 0 saturated heterocycles. The van der Waals surface area contributed by atoms with Gasteiger partial charge in [0.05, 0.1) is 6.54 Å². The van der Waals surface area contributed by atoms with Gasteiger partial charge in [0.1, 0.15) is 11.6 Å². The van der Waals surface area contributed by atoms with Gasteiger partial charge in [-0.2, -0.15) is 0 Å². The molecular formula is C27H22F2N2O2. The van der Waals surface area contributed by atoms with Crippen molar-refractivity contribution >= 4 is 5.91 Å². The van der Waals surface area contributed by atoms with Crippen molar-refractivity contribution in [3.63, 3.8) is 0 Å². The molecule has 3 aromatic carbocycles. The van der Waals surface area contributed by atoms with Crippen LogP contribution in [0.2, 0.25) is 0 Å². The smallest absolute Gasteiger partial charge is 0.251 e. The SMILES string of the molecule is Cc1cc(F)ccc1-c1ccc(C(=O)NCc2ccc(Cn3ccccc3=O)cc2)cc1F. The lowest BCUT2D eigenvalue weighted by Crippen LogP contribution is -2.23. The van der Waals surface area contributed by atoms with E-state index in [1.165, 1.54) is 36.4 Å². The van der Waals surface area contributed by atoms with E-state index in [0.29, 0.717) is 23.2 Å². The van der Waals surface area contributed by atoms with Crippen LogP contribution in [-0.4, -0.2) is 10.5 Å². The molecule has 0 unspecified atom stereocenters. The van der Waals surface area contributed by atoms with E-state index in [-0.39, 0.29) is 23.5 Å². The van der Waals surface area contributed by atoms with Gasteiger partial charge in [0.25, 0.3) is 11.5 Å². The van der Waals surface area contributed by atoms with Crippen molar-refractivity contribution in [2.24, 2.45) is 0 Å². The monoisotopic (exact) mass is 444 g/mol. The molecule has 33 heavy (non-hydrogen) atoms. The third-order valence-corrected chi connectivity index (χ3v) is 5.44. The number of rotatable bonds is 6. The van der Waals surface area contributed by atoms with Gasteiger partial charge in [-0.25, -0.2) is 8.78 Å². The molecule has 4 nitrogen and oxygen atoms in total. The number of halogens is 2. The van der Waals surface area contributed by atoms with Crippen LogP contribution in [0.3, 0.4) is 0 Å². The number of hydrogen-bond acceptors (Lipinski definition) is 2. The Hall–Kier alpha value is -4.06. The van der Waals surface area contributed by atoms with Gasteiger partial charge in [-0.05, 0) is 59.5 Å². The fourth-order valence-electron chi connectivity index (χ4n) is 3.64. The lowest BCUT2D eigenvalue weighted by atomic mass is 9.98. The Morgan fingerprint density at radius 2 is 1.61 bits per heavy atom. The van der Waals surface area contributed by atoms with Gasteiger partial charge < -0.3 is 9.88 Å². The summed E-state index contributed by atoms with van der Waals surface area (Å²) in [7, 11) is 0. The van der Waals surface area contributed by atoms with Crippen LogP contribution in [0.1, 0.15) is 27.0 Å². The molecule has 0 bridgehead atoms. The van der Waals surface area contributed by atoms with Crippen LogP contribution in [0, 0.1) is 18.6 Å². The third-order valence-electron chi connectivity index (χ3n) is 5.44. The molecule has 0 saturated carbocycles. The van der Waals surface area contributed by atoms with E-state index >= 15 is 0 Å². The normalized spacial score (nSPS) is 10.8. The highest BCUT2D eigenvalue weighted by Crippen LogP contribution is 2.27. The van der Waals surface area contributed by atoms with Gasteiger partial charge in [0, 0.05) is 29.9 Å². The molecule has 0 aliphatic rings. The molecule has 0 aliphatic heterocycles. The van der Waals surface area contributed by atoms with Gasteiger partial charge in [0.2, 0.25) is 0 Å². The highest BCUT2D eigenvalue weighted by molar-refractivity contribution is 5.94. The Balaban J connectivity index is 1.40. The van der Waals surface area contributed by atoms with Crippen molar-refractivity contribution in [3.8, 4) is 11.1 Å². The molecule has 6 heteroatoms. The number of carbonyl (C=O) groups excluding carboxylic acids is 1. The molecule has 4 aromatic rings. The number of amides is 1. The second-order valence-corrected chi connectivity index (χ2v) is 7.82. The number of hydrogen-bond donors (Lipinski definition) is 1. The number of carbonyl (C=O) groups is 1. The Bertz CT molecular complexity index is 1360. The van der Waals surface area contributed by atoms with Gasteiger partial charge in [-0.15, -0.1) is 0 Å². The van der Waals surface area contributed by atoms with Crippen molar-refractivity contribution in [1.29, 1.82) is 0 Å². The predicted octanol–water partition coefficient (Wildman–Crippen LogP) is 5.08. The summed E-state index contributed by atoms with van der Waals surface area (Å²) in [5, 5.41) is 2.79. The quantitative estimate of drug-likeness (QED) is 0.451. The number of benzene rings is 3. The summed E-state index contributed by atoms with van der Waals surface area (Å²) in [5.74, 6) is -1.32. The summed E-state index contributed by atoms with van der Waals surface area (Å²) in [4.78, 5) is 24.3. The molecule has 0 spiro atoms. The van der Waals surface area contributed by atoms with Crippen LogP contribution in [0.4, 0.5) is 8.78 Å². The maximum Gasteiger partial charge on any atom is 0.251 e. The van der Waals surface area contributed by atoms with Crippen molar-refractivity contribution in [1.82, 2.24) is 9.88 Å². The number of aryl methyl sites for hydroxylation is 1. The molecule has 1 amide bonds. The molecule has 1 heterocycles. The maximum absolute atomic E-state index is 14.7. The molecule has 0 atom stereocenters. The summed E-state index contributed by atoms with van der Waals surface area (Å²) in [6.45, 7) is 2.46. The molecule has 166 valence electrons. The minimum atomic E-state index is -0.544. The predicted molar refractivity (Wildman–Crippen MR) is 124 cm³/mol. The maximum atomic E-state index is 14.7. The average Bonchev–Trinajstić information content (AvgIpc) is 2.80. The fourth-order valence-corrected chi connectivity index (χ4v) is 3.64. The van der Waals surface area contributed by atoms with Gasteiger partial charge >= 0.3 is 0 Å². The molecule has 0 radical (unpaired) electrons. The summed E-state index contributed by atoms with van der Waals surface area (Å²) >= 11 is 0. The Labute approximate surface area is 190 Å². The van der Waals surface area contributed by atoms with Crippen molar-refractivity contribution < 1.29 is 13.6 Å². The number of nitrogens with one attached hydrogen (secondary N) is 1. The zero-order valence-electron chi connectivity index (χ0n) is 18.0. The van der Waals surface area contributed by atoms with E-state index in [0.717, 1.165) is 11.1 Å². The minimum Gasteiger partial charge on any atom is -0.348 e. The lowest BCUT2D eigenvalue weighted by molar-refractivity contribution is 0.0950. The van der Waals surface area contributed by atoms with E-state index in [9.17, 15) is 18.4 Å². The summed E-state index contributed by atoms with van der Waals surface area (Å²) in [6, 6.07) is 21.0. The van der Waals surface area contributed by atoms with E-state index in [1.807, 2.05) is 30.3 Å². The van der Waals surface area contributed by atoms with Crippen LogP contribution >= 0.6 is 0 Å². The lowest BCUT2D eigenvalue weighted by Gasteiger charge is -2.10. The van der Waals surface area contributed by atoms with Crippen LogP contribution < -0.4 is 10.9 Å². The van der Waals surface area contributed by atoms with Crippen LogP contribution in [0.25, 0.3) is 11.1 Å². The zero-order valence-corrected chi connectivity index (χ0v) is 18.0. The van der Waals surface area contributed by atoms with Crippen molar-refractivity contribution in [3.05, 3.63) is 129 Å². The van der Waals surface area contributed by atoms with Crippen LogP contribution in [-0.2, 0) is 13.1 Å². The highest BCUT2D eigenvalue weighted by Gasteiger charge is 2.13. The fraction of sp³-hybridized carbons (Fsp3) is 0.111. The molecule has 1 N–H and O–H groups in total. The minimum absolute atomic E-state index is 0.0679. The first kappa shape index (κ1) is 22.1. The van der Waals surface area contributed by atoms with Crippen LogP contribution in [0.15, 0.2) is 89.9 Å². The van der Waals surface area contributed by atoms with Gasteiger partial charge in [-0.3, -0.25) is 9.59 Å². The van der Waals surface area contributed by atoms with Crippen molar-refractivity contribution in [2.45, 2.75) is 20.0 Å². The Morgan fingerprint density at radius 3 is 2.30 bits per heavy atom. The first-order chi connectivity index (χ1) is 15.9. The second-order valence-electron chi connectivity index (χ2n) is 7.82. The standard InChI is InChI=1S/C27H22F2N2O2/c1-18-14-22(28)10-12-23(18)24-11-9-21(15-25(24)29)27(33)30-16-19-5-7-20(8-6-19)17-31-13-3-2-4-26(31)32/h2-15H,16-17H2,1H3,(H,30,33). The zero-order chi connectivity index (χ0) is 23.4. The molecule has 0 fully saturated rings. The Morgan fingerprint density at radius 1 is 0.879 bits per heavy atom. The van der Waals surface area contributed by atoms with E-state index in [4.69, 9.17) is 0 Å². The first-order valence-electron chi connectivity index (χ1n) is 10.5.